The van der Waals surface area contributed by atoms with Gasteiger partial charge in [0.1, 0.15) is 5.75 Å². The summed E-state index contributed by atoms with van der Waals surface area (Å²) in [6.07, 6.45) is 0.398. The summed E-state index contributed by atoms with van der Waals surface area (Å²) in [6.45, 7) is 4.40. The monoisotopic (exact) mass is 318 g/mol. The molecule has 4 heteroatoms. The van der Waals surface area contributed by atoms with E-state index in [1.54, 1.807) is 6.07 Å². The van der Waals surface area contributed by atoms with Crippen molar-refractivity contribution in [2.75, 3.05) is 6.61 Å². The van der Waals surface area contributed by atoms with Crippen molar-refractivity contribution in [2.24, 2.45) is 0 Å². The molecule has 0 aromatic heterocycles. The number of halogens is 1. The standard InChI is InChI=1S/C18H19ClO3/c1-3-22-15-6-4-5-13(9-15)10-16(18(20)21)14-8-7-12(2)17(19)11-14/h4-9,11,16H,3,10H2,1-2H3,(H,20,21). The molecule has 0 radical (unpaired) electrons. The second-order valence-electron chi connectivity index (χ2n) is 5.18. The van der Waals surface area contributed by atoms with E-state index in [2.05, 4.69) is 0 Å². The maximum atomic E-state index is 11.6. The van der Waals surface area contributed by atoms with E-state index in [0.717, 1.165) is 16.9 Å². The second kappa shape index (κ2) is 7.32. The molecule has 0 aliphatic heterocycles. The maximum Gasteiger partial charge on any atom is 0.311 e. The Kier molecular flexibility index (Phi) is 5.45. The van der Waals surface area contributed by atoms with Gasteiger partial charge in [-0.3, -0.25) is 4.79 Å². The summed E-state index contributed by atoms with van der Waals surface area (Å²) in [4.78, 5) is 11.6. The number of aryl methyl sites for hydroxylation is 1. The Morgan fingerprint density at radius 3 is 2.68 bits per heavy atom. The van der Waals surface area contributed by atoms with Crippen LogP contribution in [0.5, 0.6) is 5.75 Å². The normalized spacial score (nSPS) is 12.0. The van der Waals surface area contributed by atoms with Crippen LogP contribution in [-0.4, -0.2) is 17.7 Å². The third kappa shape index (κ3) is 4.01. The zero-order valence-corrected chi connectivity index (χ0v) is 13.4. The van der Waals surface area contributed by atoms with Crippen molar-refractivity contribution in [2.45, 2.75) is 26.2 Å². The molecule has 0 fully saturated rings. The van der Waals surface area contributed by atoms with Gasteiger partial charge in [0.2, 0.25) is 0 Å². The summed E-state index contributed by atoms with van der Waals surface area (Å²) in [7, 11) is 0. The highest BCUT2D eigenvalue weighted by molar-refractivity contribution is 6.31. The first-order chi connectivity index (χ1) is 10.5. The van der Waals surface area contributed by atoms with Crippen molar-refractivity contribution in [1.29, 1.82) is 0 Å². The smallest absolute Gasteiger partial charge is 0.311 e. The zero-order chi connectivity index (χ0) is 16.1. The fourth-order valence-corrected chi connectivity index (χ4v) is 2.53. The molecule has 0 saturated heterocycles. The quantitative estimate of drug-likeness (QED) is 0.855. The van der Waals surface area contributed by atoms with Gasteiger partial charge in [-0.25, -0.2) is 0 Å². The lowest BCUT2D eigenvalue weighted by molar-refractivity contribution is -0.138. The van der Waals surface area contributed by atoms with Crippen LogP contribution < -0.4 is 4.74 Å². The van der Waals surface area contributed by atoms with Gasteiger partial charge in [-0.05, 0) is 55.2 Å². The maximum absolute atomic E-state index is 11.6. The summed E-state index contributed by atoms with van der Waals surface area (Å²) in [5.74, 6) is -0.734. The van der Waals surface area contributed by atoms with Crippen molar-refractivity contribution in [3.63, 3.8) is 0 Å². The molecule has 2 aromatic rings. The van der Waals surface area contributed by atoms with Gasteiger partial charge in [0, 0.05) is 5.02 Å². The fourth-order valence-electron chi connectivity index (χ4n) is 2.34. The van der Waals surface area contributed by atoms with Crippen LogP contribution in [0.3, 0.4) is 0 Å². The van der Waals surface area contributed by atoms with Crippen molar-refractivity contribution in [3.05, 3.63) is 64.2 Å². The Labute approximate surface area is 135 Å². The van der Waals surface area contributed by atoms with E-state index in [4.69, 9.17) is 16.3 Å². The third-order valence-electron chi connectivity index (χ3n) is 3.55. The van der Waals surface area contributed by atoms with E-state index in [1.807, 2.05) is 50.2 Å². The number of hydrogen-bond acceptors (Lipinski definition) is 2. The number of carboxylic acids is 1. The van der Waals surface area contributed by atoms with Crippen molar-refractivity contribution >= 4 is 17.6 Å². The molecule has 2 aromatic carbocycles. The molecule has 2 rings (SSSR count). The molecule has 0 amide bonds. The highest BCUT2D eigenvalue weighted by Crippen LogP contribution is 2.27. The molecule has 0 saturated carbocycles. The number of benzene rings is 2. The van der Waals surface area contributed by atoms with Crippen molar-refractivity contribution in [1.82, 2.24) is 0 Å². The lowest BCUT2D eigenvalue weighted by Crippen LogP contribution is -2.14. The molecule has 0 aliphatic carbocycles. The zero-order valence-electron chi connectivity index (χ0n) is 12.7. The number of hydrogen-bond donors (Lipinski definition) is 1. The van der Waals surface area contributed by atoms with E-state index in [1.165, 1.54) is 0 Å². The van der Waals surface area contributed by atoms with Crippen LogP contribution >= 0.6 is 11.6 Å². The largest absolute Gasteiger partial charge is 0.494 e. The third-order valence-corrected chi connectivity index (χ3v) is 3.95. The summed E-state index contributed by atoms with van der Waals surface area (Å²) in [6, 6.07) is 13.0. The summed E-state index contributed by atoms with van der Waals surface area (Å²) in [5, 5.41) is 10.1. The number of rotatable bonds is 6. The number of ether oxygens (including phenoxy) is 1. The molecule has 1 atom stereocenters. The van der Waals surface area contributed by atoms with Gasteiger partial charge in [-0.2, -0.15) is 0 Å². The topological polar surface area (TPSA) is 46.5 Å². The van der Waals surface area contributed by atoms with E-state index in [-0.39, 0.29) is 0 Å². The summed E-state index contributed by atoms with van der Waals surface area (Å²) in [5.41, 5.74) is 2.58. The van der Waals surface area contributed by atoms with Gasteiger partial charge in [0.15, 0.2) is 0 Å². The Morgan fingerprint density at radius 1 is 1.27 bits per heavy atom. The molecular formula is C18H19ClO3. The van der Waals surface area contributed by atoms with Gasteiger partial charge >= 0.3 is 5.97 Å². The predicted octanol–water partition coefficient (Wildman–Crippen LogP) is 4.46. The van der Waals surface area contributed by atoms with E-state index in [0.29, 0.717) is 23.6 Å². The fraction of sp³-hybridized carbons (Fsp3) is 0.278. The lowest BCUT2D eigenvalue weighted by Gasteiger charge is -2.15. The SMILES string of the molecule is CCOc1cccc(CC(C(=O)O)c2ccc(C)c(Cl)c2)c1. The van der Waals surface area contributed by atoms with E-state index < -0.39 is 11.9 Å². The molecule has 0 heterocycles. The average Bonchev–Trinajstić information content (AvgIpc) is 2.48. The van der Waals surface area contributed by atoms with E-state index >= 15 is 0 Å². The number of carboxylic acid groups (broad SMARTS) is 1. The first-order valence-electron chi connectivity index (χ1n) is 7.22. The molecule has 116 valence electrons. The predicted molar refractivity (Wildman–Crippen MR) is 87.9 cm³/mol. The Bertz CT molecular complexity index is 667. The molecule has 1 unspecified atom stereocenters. The van der Waals surface area contributed by atoms with Crippen molar-refractivity contribution < 1.29 is 14.6 Å². The van der Waals surface area contributed by atoms with Crippen LogP contribution in [0.15, 0.2) is 42.5 Å². The molecular weight excluding hydrogens is 300 g/mol. The Hall–Kier alpha value is -2.00. The van der Waals surface area contributed by atoms with Gasteiger partial charge in [0.25, 0.3) is 0 Å². The Balaban J connectivity index is 2.27. The highest BCUT2D eigenvalue weighted by Gasteiger charge is 2.21. The number of carbonyl (C=O) groups is 1. The summed E-state index contributed by atoms with van der Waals surface area (Å²) >= 11 is 6.12. The molecule has 0 spiro atoms. The molecule has 3 nitrogen and oxygen atoms in total. The highest BCUT2D eigenvalue weighted by atomic mass is 35.5. The van der Waals surface area contributed by atoms with Crippen molar-refractivity contribution in [3.8, 4) is 5.75 Å². The second-order valence-corrected chi connectivity index (χ2v) is 5.59. The Morgan fingerprint density at radius 2 is 2.05 bits per heavy atom. The van der Waals surface area contributed by atoms with Crippen LogP contribution in [0.1, 0.15) is 29.5 Å². The van der Waals surface area contributed by atoms with Gasteiger partial charge < -0.3 is 9.84 Å². The minimum Gasteiger partial charge on any atom is -0.494 e. The molecule has 1 N–H and O–H groups in total. The number of aliphatic carboxylic acids is 1. The molecule has 0 bridgehead atoms. The van der Waals surface area contributed by atoms with Crippen LogP contribution in [-0.2, 0) is 11.2 Å². The lowest BCUT2D eigenvalue weighted by atomic mass is 9.91. The minimum atomic E-state index is -0.860. The van der Waals surface area contributed by atoms with Crippen LogP contribution in [0.2, 0.25) is 5.02 Å². The van der Waals surface area contributed by atoms with Gasteiger partial charge in [-0.1, -0.05) is 35.9 Å². The first kappa shape index (κ1) is 16.4. The molecule has 22 heavy (non-hydrogen) atoms. The minimum absolute atomic E-state index is 0.398. The first-order valence-corrected chi connectivity index (χ1v) is 7.59. The van der Waals surface area contributed by atoms with Gasteiger partial charge in [-0.15, -0.1) is 0 Å². The van der Waals surface area contributed by atoms with Gasteiger partial charge in [0.05, 0.1) is 12.5 Å². The van der Waals surface area contributed by atoms with E-state index in [9.17, 15) is 9.90 Å². The summed E-state index contributed by atoms with van der Waals surface area (Å²) < 4.78 is 5.46. The van der Waals surface area contributed by atoms with Crippen LogP contribution in [0, 0.1) is 6.92 Å². The molecule has 0 aliphatic rings. The van der Waals surface area contributed by atoms with Crippen LogP contribution in [0.4, 0.5) is 0 Å². The average molecular weight is 319 g/mol. The van der Waals surface area contributed by atoms with Crippen LogP contribution in [0.25, 0.3) is 0 Å².